The summed E-state index contributed by atoms with van der Waals surface area (Å²) in [6.45, 7) is 0. The van der Waals surface area contributed by atoms with Gasteiger partial charge in [-0.15, -0.1) is 0 Å². The standard InChI is InChI=1S/C10H11NO4/c12-6-11-8(10(14)15)9(13)7-4-2-1-3-5-7/h1-6,8-9,13H,(H,11,12)(H,14,15)/t8-,9-/m1/s1. The maximum absolute atomic E-state index is 10.7. The highest BCUT2D eigenvalue weighted by Gasteiger charge is 2.26. The van der Waals surface area contributed by atoms with Crippen molar-refractivity contribution in [1.29, 1.82) is 0 Å². The number of amides is 1. The molecule has 0 aliphatic rings. The Balaban J connectivity index is 2.85. The molecule has 80 valence electrons. The first-order valence-corrected chi connectivity index (χ1v) is 4.32. The molecule has 1 aromatic rings. The summed E-state index contributed by atoms with van der Waals surface area (Å²) >= 11 is 0. The highest BCUT2D eigenvalue weighted by molar-refractivity contribution is 5.77. The van der Waals surface area contributed by atoms with Crippen molar-refractivity contribution in [2.24, 2.45) is 0 Å². The summed E-state index contributed by atoms with van der Waals surface area (Å²) in [5, 5.41) is 20.5. The number of carbonyl (C=O) groups is 2. The van der Waals surface area contributed by atoms with E-state index in [0.717, 1.165) is 0 Å². The van der Waals surface area contributed by atoms with Gasteiger partial charge in [0.25, 0.3) is 0 Å². The van der Waals surface area contributed by atoms with Gasteiger partial charge in [-0.25, -0.2) is 4.79 Å². The second kappa shape index (κ2) is 5.11. The number of carboxylic acids is 1. The van der Waals surface area contributed by atoms with Crippen LogP contribution in [0.4, 0.5) is 0 Å². The lowest BCUT2D eigenvalue weighted by Crippen LogP contribution is -2.40. The maximum atomic E-state index is 10.7. The van der Waals surface area contributed by atoms with E-state index in [4.69, 9.17) is 5.11 Å². The molecule has 15 heavy (non-hydrogen) atoms. The number of aliphatic hydroxyl groups excluding tert-OH is 1. The van der Waals surface area contributed by atoms with Crippen molar-refractivity contribution in [2.45, 2.75) is 12.1 Å². The second-order valence-electron chi connectivity index (χ2n) is 2.96. The fourth-order valence-corrected chi connectivity index (χ4v) is 1.21. The molecule has 0 aliphatic heterocycles. The molecule has 1 amide bonds. The lowest BCUT2D eigenvalue weighted by atomic mass is 10.0. The zero-order chi connectivity index (χ0) is 11.3. The number of nitrogens with one attached hydrogen (secondary N) is 1. The summed E-state index contributed by atoms with van der Waals surface area (Å²) in [4.78, 5) is 20.9. The minimum Gasteiger partial charge on any atom is -0.480 e. The van der Waals surface area contributed by atoms with Crippen LogP contribution in [0.1, 0.15) is 11.7 Å². The lowest BCUT2D eigenvalue weighted by molar-refractivity contribution is -0.143. The Morgan fingerprint density at radius 3 is 2.40 bits per heavy atom. The Hall–Kier alpha value is -1.88. The number of rotatable bonds is 5. The van der Waals surface area contributed by atoms with Gasteiger partial charge < -0.3 is 15.5 Å². The van der Waals surface area contributed by atoms with Crippen LogP contribution in [0, 0.1) is 0 Å². The molecular weight excluding hydrogens is 198 g/mol. The second-order valence-corrected chi connectivity index (χ2v) is 2.96. The largest absolute Gasteiger partial charge is 0.480 e. The number of benzene rings is 1. The minimum atomic E-state index is -1.33. The first-order chi connectivity index (χ1) is 7.16. The Kier molecular flexibility index (Phi) is 3.82. The van der Waals surface area contributed by atoms with Gasteiger partial charge in [-0.05, 0) is 5.56 Å². The molecule has 1 rings (SSSR count). The Labute approximate surface area is 86.4 Å². The van der Waals surface area contributed by atoms with Crippen LogP contribution in [0.2, 0.25) is 0 Å². The highest BCUT2D eigenvalue weighted by Crippen LogP contribution is 2.16. The molecule has 0 radical (unpaired) electrons. The van der Waals surface area contributed by atoms with Crippen LogP contribution in [-0.4, -0.2) is 28.6 Å². The highest BCUT2D eigenvalue weighted by atomic mass is 16.4. The molecule has 3 N–H and O–H groups in total. The minimum absolute atomic E-state index is 0.255. The van der Waals surface area contributed by atoms with Gasteiger partial charge in [-0.1, -0.05) is 30.3 Å². The zero-order valence-corrected chi connectivity index (χ0v) is 7.83. The van der Waals surface area contributed by atoms with Gasteiger partial charge in [-0.2, -0.15) is 0 Å². The van der Waals surface area contributed by atoms with Gasteiger partial charge in [0.05, 0.1) is 0 Å². The van der Waals surface area contributed by atoms with Crippen molar-refractivity contribution >= 4 is 12.4 Å². The average molecular weight is 209 g/mol. The SMILES string of the molecule is O=CN[C@@H](C(=O)O)[C@H](O)c1ccccc1. The summed E-state index contributed by atoms with van der Waals surface area (Å²) < 4.78 is 0. The lowest BCUT2D eigenvalue weighted by Gasteiger charge is -2.18. The molecule has 0 fully saturated rings. The Bertz CT molecular complexity index is 339. The number of aliphatic hydroxyl groups is 1. The van der Waals surface area contributed by atoms with Gasteiger partial charge in [0, 0.05) is 0 Å². The molecule has 0 bridgehead atoms. The van der Waals surface area contributed by atoms with Crippen LogP contribution in [0.3, 0.4) is 0 Å². The van der Waals surface area contributed by atoms with E-state index in [2.05, 4.69) is 5.32 Å². The fraction of sp³-hybridized carbons (Fsp3) is 0.200. The van der Waals surface area contributed by atoms with E-state index in [-0.39, 0.29) is 6.41 Å². The summed E-state index contributed by atoms with van der Waals surface area (Å²) in [7, 11) is 0. The summed E-state index contributed by atoms with van der Waals surface area (Å²) in [6.07, 6.45) is -1.00. The summed E-state index contributed by atoms with van der Waals surface area (Å²) in [5.41, 5.74) is 0.444. The van der Waals surface area contributed by atoms with E-state index in [9.17, 15) is 14.7 Å². The van der Waals surface area contributed by atoms with Gasteiger partial charge >= 0.3 is 5.97 Å². The summed E-state index contributed by atoms with van der Waals surface area (Å²) in [5.74, 6) is -1.28. The van der Waals surface area contributed by atoms with Crippen LogP contribution >= 0.6 is 0 Å². The molecule has 2 atom stereocenters. The van der Waals surface area contributed by atoms with Crippen LogP contribution in [0.15, 0.2) is 30.3 Å². The molecular formula is C10H11NO4. The molecule has 0 saturated carbocycles. The van der Waals surface area contributed by atoms with Gasteiger partial charge in [0.1, 0.15) is 6.10 Å². The molecule has 0 unspecified atom stereocenters. The predicted octanol–water partition coefficient (Wildman–Crippen LogP) is -0.0808. The van der Waals surface area contributed by atoms with E-state index in [1.54, 1.807) is 30.3 Å². The third-order valence-corrected chi connectivity index (χ3v) is 1.97. The number of carboxylic acid groups (broad SMARTS) is 1. The smallest absolute Gasteiger partial charge is 0.329 e. The maximum Gasteiger partial charge on any atom is 0.329 e. The van der Waals surface area contributed by atoms with Crippen molar-refractivity contribution < 1.29 is 19.8 Å². The third-order valence-electron chi connectivity index (χ3n) is 1.97. The fourth-order valence-electron chi connectivity index (χ4n) is 1.21. The molecule has 0 spiro atoms. The van der Waals surface area contributed by atoms with E-state index in [1.165, 1.54) is 0 Å². The van der Waals surface area contributed by atoms with Crippen molar-refractivity contribution in [2.75, 3.05) is 0 Å². The van der Waals surface area contributed by atoms with Crippen molar-refractivity contribution in [3.05, 3.63) is 35.9 Å². The number of aliphatic carboxylic acids is 1. The molecule has 0 aromatic heterocycles. The normalized spacial score (nSPS) is 13.9. The quantitative estimate of drug-likeness (QED) is 0.592. The van der Waals surface area contributed by atoms with Gasteiger partial charge in [0.15, 0.2) is 6.04 Å². The topological polar surface area (TPSA) is 86.6 Å². The van der Waals surface area contributed by atoms with E-state index in [0.29, 0.717) is 5.56 Å². The van der Waals surface area contributed by atoms with Crippen LogP contribution < -0.4 is 5.32 Å². The predicted molar refractivity (Wildman–Crippen MR) is 52.0 cm³/mol. The first-order valence-electron chi connectivity index (χ1n) is 4.32. The Morgan fingerprint density at radius 1 is 1.33 bits per heavy atom. The number of hydrogen-bond acceptors (Lipinski definition) is 3. The van der Waals surface area contributed by atoms with E-state index < -0.39 is 18.1 Å². The van der Waals surface area contributed by atoms with Crippen molar-refractivity contribution in [1.82, 2.24) is 5.32 Å². The third kappa shape index (κ3) is 2.78. The van der Waals surface area contributed by atoms with Crippen molar-refractivity contribution in [3.8, 4) is 0 Å². The van der Waals surface area contributed by atoms with Crippen LogP contribution in [0.25, 0.3) is 0 Å². The number of hydrogen-bond donors (Lipinski definition) is 3. The summed E-state index contributed by atoms with van der Waals surface area (Å²) in [6, 6.07) is 6.96. The zero-order valence-electron chi connectivity index (χ0n) is 7.83. The molecule has 1 aromatic carbocycles. The Morgan fingerprint density at radius 2 is 1.93 bits per heavy atom. The monoisotopic (exact) mass is 209 g/mol. The number of carbonyl (C=O) groups excluding carboxylic acids is 1. The molecule has 5 nitrogen and oxygen atoms in total. The first kappa shape index (κ1) is 11.2. The van der Waals surface area contributed by atoms with E-state index >= 15 is 0 Å². The molecule has 0 heterocycles. The van der Waals surface area contributed by atoms with Crippen molar-refractivity contribution in [3.63, 3.8) is 0 Å². The van der Waals surface area contributed by atoms with Crippen LogP contribution in [-0.2, 0) is 9.59 Å². The molecule has 0 aliphatic carbocycles. The van der Waals surface area contributed by atoms with Crippen LogP contribution in [0.5, 0.6) is 0 Å². The molecule has 0 saturated heterocycles. The van der Waals surface area contributed by atoms with E-state index in [1.807, 2.05) is 0 Å². The van der Waals surface area contributed by atoms with Gasteiger partial charge in [-0.3, -0.25) is 4.79 Å². The van der Waals surface area contributed by atoms with Gasteiger partial charge in [0.2, 0.25) is 6.41 Å². The molecule has 5 heteroatoms. The average Bonchev–Trinajstić information content (AvgIpc) is 2.26.